The van der Waals surface area contributed by atoms with E-state index in [4.69, 9.17) is 9.84 Å². The molecule has 0 radical (unpaired) electrons. The highest BCUT2D eigenvalue weighted by Gasteiger charge is 2.52. The van der Waals surface area contributed by atoms with Crippen LogP contribution < -0.4 is 15.5 Å². The second kappa shape index (κ2) is 11.9. The topological polar surface area (TPSA) is 62.7 Å². The van der Waals surface area contributed by atoms with Gasteiger partial charge < -0.3 is 4.74 Å². The molecule has 9 rings (SSSR count). The van der Waals surface area contributed by atoms with E-state index in [1.807, 2.05) is 37.3 Å². The van der Waals surface area contributed by atoms with Crippen molar-refractivity contribution in [1.29, 1.82) is 0 Å². The molecule has 4 bridgehead atoms. The molecule has 1 atom stereocenters. The van der Waals surface area contributed by atoms with Crippen molar-refractivity contribution in [2.75, 3.05) is 6.61 Å². The van der Waals surface area contributed by atoms with Crippen molar-refractivity contribution in [3.05, 3.63) is 99.5 Å². The van der Waals surface area contributed by atoms with Gasteiger partial charge in [0.2, 0.25) is 0 Å². The van der Waals surface area contributed by atoms with Crippen LogP contribution in [0.2, 0.25) is 0 Å². The smallest absolute Gasteiger partial charge is 0.264 e. The van der Waals surface area contributed by atoms with E-state index in [2.05, 4.69) is 69.1 Å². The number of halogens is 1. The van der Waals surface area contributed by atoms with E-state index in [1.54, 1.807) is 0 Å². The van der Waals surface area contributed by atoms with Gasteiger partial charge in [0.15, 0.2) is 0 Å². The summed E-state index contributed by atoms with van der Waals surface area (Å²) in [5.74, 6) is 3.47. The van der Waals surface area contributed by atoms with Gasteiger partial charge in [-0.25, -0.2) is 5.43 Å². The molecule has 5 fully saturated rings. The van der Waals surface area contributed by atoms with Crippen LogP contribution in [0.5, 0.6) is 5.75 Å². The van der Waals surface area contributed by atoms with E-state index in [0.717, 1.165) is 58.4 Å². The Hall–Kier alpha value is -2.96. The number of hydrogen-bond acceptors (Lipinski definition) is 4. The molecule has 5 saturated carbocycles. The highest BCUT2D eigenvalue weighted by molar-refractivity contribution is 9.10. The molecule has 6 aliphatic rings. The van der Waals surface area contributed by atoms with Gasteiger partial charge in [-0.15, -0.1) is 0 Å². The summed E-state index contributed by atoms with van der Waals surface area (Å²) in [5, 5.41) is 8.61. The maximum Gasteiger partial charge on any atom is 0.264 e. The Bertz CT molecular complexity index is 1590. The van der Waals surface area contributed by atoms with E-state index < -0.39 is 5.54 Å². The fourth-order valence-corrected chi connectivity index (χ4v) is 10.7. The van der Waals surface area contributed by atoms with Gasteiger partial charge in [0, 0.05) is 15.6 Å². The van der Waals surface area contributed by atoms with Crippen LogP contribution in [0.25, 0.3) is 0 Å². The molecule has 0 aromatic heterocycles. The SMILES string of the molecule is C[C@@]1(C(=O)N/N=C(/COc2ccc(C34CC5CC(CC(C5)C3)C4)cc2)c2ccc(Br)cc2)NC2(CCCCC2)Cc2ccccc21. The van der Waals surface area contributed by atoms with Crippen molar-refractivity contribution in [2.45, 2.75) is 100 Å². The summed E-state index contributed by atoms with van der Waals surface area (Å²) in [4.78, 5) is 14.1. The summed E-state index contributed by atoms with van der Waals surface area (Å²) in [6.07, 6.45) is 15.2. The second-order valence-electron chi connectivity index (χ2n) is 15.4. The number of hydrazone groups is 1. The molecule has 1 amide bonds. The van der Waals surface area contributed by atoms with Crippen molar-refractivity contribution in [1.82, 2.24) is 10.7 Å². The zero-order valence-electron chi connectivity index (χ0n) is 27.0. The molecule has 5 nitrogen and oxygen atoms in total. The van der Waals surface area contributed by atoms with Crippen molar-refractivity contribution in [3.8, 4) is 5.75 Å². The lowest BCUT2D eigenvalue weighted by atomic mass is 9.48. The van der Waals surface area contributed by atoms with Gasteiger partial charge >= 0.3 is 0 Å². The minimum absolute atomic E-state index is 0.0532. The van der Waals surface area contributed by atoms with Crippen LogP contribution >= 0.6 is 15.9 Å². The average Bonchev–Trinajstić information content (AvgIpc) is 3.05. The van der Waals surface area contributed by atoms with Crippen LogP contribution in [0.1, 0.15) is 99.8 Å². The molecule has 46 heavy (non-hydrogen) atoms. The lowest BCUT2D eigenvalue weighted by molar-refractivity contribution is -0.129. The summed E-state index contributed by atoms with van der Waals surface area (Å²) in [6.45, 7) is 2.27. The van der Waals surface area contributed by atoms with Crippen LogP contribution in [0, 0.1) is 17.8 Å². The Morgan fingerprint density at radius 1 is 0.891 bits per heavy atom. The van der Waals surface area contributed by atoms with Crippen LogP contribution in [0.4, 0.5) is 0 Å². The molecule has 3 aromatic carbocycles. The van der Waals surface area contributed by atoms with Gasteiger partial charge in [-0.05, 0) is 129 Å². The summed E-state index contributed by atoms with van der Waals surface area (Å²) in [5.41, 5.74) is 7.83. The molecule has 240 valence electrons. The first-order chi connectivity index (χ1) is 22.3. The van der Waals surface area contributed by atoms with Gasteiger partial charge in [0.1, 0.15) is 23.6 Å². The fraction of sp³-hybridized carbons (Fsp3) is 0.500. The third-order valence-electron chi connectivity index (χ3n) is 12.2. The number of amides is 1. The molecule has 5 aliphatic carbocycles. The van der Waals surface area contributed by atoms with Crippen LogP contribution in [-0.2, 0) is 22.2 Å². The number of fused-ring (bicyclic) bond motifs is 1. The van der Waals surface area contributed by atoms with E-state index in [9.17, 15) is 4.79 Å². The number of hydrogen-bond donors (Lipinski definition) is 2. The largest absolute Gasteiger partial charge is 0.487 e. The van der Waals surface area contributed by atoms with E-state index in [-0.39, 0.29) is 18.1 Å². The number of carbonyl (C=O) groups is 1. The van der Waals surface area contributed by atoms with E-state index >= 15 is 0 Å². The molecule has 1 aliphatic heterocycles. The van der Waals surface area contributed by atoms with E-state index in [1.165, 1.54) is 68.9 Å². The first kappa shape index (κ1) is 30.4. The normalized spacial score (nSPS) is 31.0. The van der Waals surface area contributed by atoms with Crippen molar-refractivity contribution in [2.24, 2.45) is 22.9 Å². The zero-order valence-corrected chi connectivity index (χ0v) is 28.6. The highest BCUT2D eigenvalue weighted by Crippen LogP contribution is 2.60. The number of carbonyl (C=O) groups excluding carboxylic acids is 1. The molecule has 1 spiro atoms. The van der Waals surface area contributed by atoms with Gasteiger partial charge in [-0.1, -0.05) is 83.7 Å². The number of ether oxygens (including phenoxy) is 1. The summed E-state index contributed by atoms with van der Waals surface area (Å²) in [7, 11) is 0. The van der Waals surface area contributed by atoms with Crippen LogP contribution in [-0.4, -0.2) is 23.8 Å². The molecule has 3 aromatic rings. The maximum absolute atomic E-state index is 14.1. The quantitative estimate of drug-likeness (QED) is 0.194. The zero-order chi connectivity index (χ0) is 31.4. The maximum atomic E-state index is 14.1. The Morgan fingerprint density at radius 3 is 2.22 bits per heavy atom. The minimum atomic E-state index is -0.881. The van der Waals surface area contributed by atoms with E-state index in [0.29, 0.717) is 11.1 Å². The standard InChI is InChI=1S/C40H46BrN3O2/c1-38(35-8-4-3-7-31(35)25-40(44-38)17-5-2-6-18-40)37(45)43-42-36(30-9-13-33(41)14-10-30)26-46-34-15-11-32(12-16-34)39-22-27-19-28(23-39)21-29(20-27)24-39/h3-4,7-16,27-29,44H,2,5-6,17-26H2,1H3,(H,43,45)/b42-36-/t27?,28?,29?,38-,39?/m1/s1. The van der Waals surface area contributed by atoms with Crippen molar-refractivity contribution in [3.63, 3.8) is 0 Å². The van der Waals surface area contributed by atoms with Crippen molar-refractivity contribution < 1.29 is 9.53 Å². The number of nitrogens with one attached hydrogen (secondary N) is 2. The predicted molar refractivity (Wildman–Crippen MR) is 187 cm³/mol. The fourth-order valence-electron chi connectivity index (χ4n) is 10.5. The van der Waals surface area contributed by atoms with Crippen molar-refractivity contribution >= 4 is 27.5 Å². The monoisotopic (exact) mass is 679 g/mol. The Labute approximate surface area is 282 Å². The Morgan fingerprint density at radius 2 is 1.54 bits per heavy atom. The highest BCUT2D eigenvalue weighted by atomic mass is 79.9. The van der Waals surface area contributed by atoms with Gasteiger partial charge in [0.25, 0.3) is 5.91 Å². The molecule has 6 heteroatoms. The molecule has 0 unspecified atom stereocenters. The average molecular weight is 681 g/mol. The molecule has 2 N–H and O–H groups in total. The first-order valence-electron chi connectivity index (χ1n) is 17.6. The third-order valence-corrected chi connectivity index (χ3v) is 12.7. The third kappa shape index (κ3) is 5.64. The predicted octanol–water partition coefficient (Wildman–Crippen LogP) is 8.58. The summed E-state index contributed by atoms with van der Waals surface area (Å²) < 4.78 is 7.36. The molecular formula is C40H46BrN3O2. The van der Waals surface area contributed by atoms with Gasteiger partial charge in [0.05, 0.1) is 0 Å². The van der Waals surface area contributed by atoms with Gasteiger partial charge in [-0.3, -0.25) is 10.1 Å². The molecule has 1 heterocycles. The van der Waals surface area contributed by atoms with Gasteiger partial charge in [-0.2, -0.15) is 5.10 Å². The number of rotatable bonds is 7. The minimum Gasteiger partial charge on any atom is -0.487 e. The Balaban J connectivity index is 1.02. The lowest BCUT2D eigenvalue weighted by Crippen LogP contribution is -2.65. The van der Waals surface area contributed by atoms with Crippen LogP contribution in [0.15, 0.2) is 82.4 Å². The summed E-state index contributed by atoms with van der Waals surface area (Å²) in [6, 6.07) is 25.3. The summed E-state index contributed by atoms with van der Waals surface area (Å²) >= 11 is 3.56. The number of nitrogens with zero attached hydrogens (tertiary/aromatic N) is 1. The lowest BCUT2D eigenvalue weighted by Gasteiger charge is -2.57. The molecular weight excluding hydrogens is 634 g/mol. The second-order valence-corrected chi connectivity index (χ2v) is 16.4. The first-order valence-corrected chi connectivity index (χ1v) is 18.3. The Kier molecular flexibility index (Phi) is 7.88. The number of benzene rings is 3. The molecule has 0 saturated heterocycles. The van der Waals surface area contributed by atoms with Crippen LogP contribution in [0.3, 0.4) is 0 Å².